The molecule has 1 aromatic heterocycles. The minimum atomic E-state index is -0.0534. The van der Waals surface area contributed by atoms with Crippen LogP contribution in [0, 0.1) is 13.8 Å². The number of H-pyrrole nitrogens is 1. The fourth-order valence-corrected chi connectivity index (χ4v) is 3.82. The summed E-state index contributed by atoms with van der Waals surface area (Å²) in [4.78, 5) is 19.4. The van der Waals surface area contributed by atoms with E-state index < -0.39 is 0 Å². The number of methoxy groups -OCH3 is 1. The topological polar surface area (TPSA) is 61.8 Å². The van der Waals surface area contributed by atoms with Crippen molar-refractivity contribution in [3.8, 4) is 0 Å². The molecule has 0 bridgehead atoms. The summed E-state index contributed by atoms with van der Waals surface area (Å²) < 4.78 is 5.11. The van der Waals surface area contributed by atoms with Crippen LogP contribution in [0.2, 0.25) is 0 Å². The number of rotatable bonds is 10. The maximum absolute atomic E-state index is 12.8. The molecule has 0 spiro atoms. The van der Waals surface area contributed by atoms with Crippen molar-refractivity contribution >= 4 is 28.2 Å². The summed E-state index contributed by atoms with van der Waals surface area (Å²) >= 11 is 5.63. The van der Waals surface area contributed by atoms with Gasteiger partial charge in [0.05, 0.1) is 39.3 Å². The SMILES string of the molecule is CC[NH+](CC)CCN(Cc1cc2c(C)cc(C)cc2[nH]c1=O)C(=S)NCCOC. The van der Waals surface area contributed by atoms with E-state index in [-0.39, 0.29) is 5.56 Å². The highest BCUT2D eigenvalue weighted by atomic mass is 32.1. The zero-order valence-electron chi connectivity index (χ0n) is 18.4. The van der Waals surface area contributed by atoms with Crippen LogP contribution < -0.4 is 15.8 Å². The summed E-state index contributed by atoms with van der Waals surface area (Å²) in [5.74, 6) is 0. The maximum Gasteiger partial charge on any atom is 0.253 e. The van der Waals surface area contributed by atoms with Gasteiger partial charge in [0, 0.05) is 30.1 Å². The molecular weight excluding hydrogens is 384 g/mol. The van der Waals surface area contributed by atoms with Crippen LogP contribution in [0.1, 0.15) is 30.5 Å². The van der Waals surface area contributed by atoms with E-state index >= 15 is 0 Å². The number of benzene rings is 1. The van der Waals surface area contributed by atoms with Crippen molar-refractivity contribution in [1.29, 1.82) is 0 Å². The van der Waals surface area contributed by atoms with Crippen molar-refractivity contribution in [2.75, 3.05) is 46.4 Å². The Labute approximate surface area is 179 Å². The summed E-state index contributed by atoms with van der Waals surface area (Å²) in [5.41, 5.74) is 3.87. The van der Waals surface area contributed by atoms with Crippen molar-refractivity contribution in [1.82, 2.24) is 15.2 Å². The van der Waals surface area contributed by atoms with Crippen LogP contribution in [0.3, 0.4) is 0 Å². The molecule has 0 radical (unpaired) electrons. The second kappa shape index (κ2) is 11.3. The predicted molar refractivity (Wildman–Crippen MR) is 124 cm³/mol. The third-order valence-corrected chi connectivity index (χ3v) is 5.76. The molecule has 0 amide bonds. The minimum absolute atomic E-state index is 0.0534. The third-order valence-electron chi connectivity index (χ3n) is 5.36. The van der Waals surface area contributed by atoms with E-state index in [1.807, 2.05) is 19.1 Å². The molecule has 1 aromatic carbocycles. The van der Waals surface area contributed by atoms with Crippen LogP contribution in [0.25, 0.3) is 10.9 Å². The summed E-state index contributed by atoms with van der Waals surface area (Å²) in [6.07, 6.45) is 0. The first-order valence-corrected chi connectivity index (χ1v) is 10.8. The van der Waals surface area contributed by atoms with Gasteiger partial charge in [0.25, 0.3) is 5.56 Å². The van der Waals surface area contributed by atoms with Crippen LogP contribution in [-0.4, -0.2) is 61.4 Å². The van der Waals surface area contributed by atoms with E-state index in [4.69, 9.17) is 17.0 Å². The lowest BCUT2D eigenvalue weighted by atomic mass is 10.0. The number of nitrogens with zero attached hydrogens (tertiary/aromatic N) is 1. The highest BCUT2D eigenvalue weighted by molar-refractivity contribution is 7.80. The van der Waals surface area contributed by atoms with Crippen molar-refractivity contribution in [2.24, 2.45) is 0 Å². The fourth-order valence-electron chi connectivity index (χ4n) is 3.56. The molecule has 0 unspecified atom stereocenters. The summed E-state index contributed by atoms with van der Waals surface area (Å²) in [6.45, 7) is 14.1. The van der Waals surface area contributed by atoms with Crippen LogP contribution in [0.4, 0.5) is 0 Å². The maximum atomic E-state index is 12.8. The molecule has 0 fully saturated rings. The van der Waals surface area contributed by atoms with Crippen molar-refractivity contribution in [2.45, 2.75) is 34.2 Å². The van der Waals surface area contributed by atoms with Gasteiger partial charge in [-0.3, -0.25) is 4.79 Å². The molecule has 7 heteroatoms. The number of hydrogen-bond acceptors (Lipinski definition) is 3. The molecular formula is C22H35N4O2S+. The van der Waals surface area contributed by atoms with Gasteiger partial charge in [-0.1, -0.05) is 6.07 Å². The molecule has 3 N–H and O–H groups in total. The first kappa shape index (κ1) is 23.3. The number of ether oxygens (including phenoxy) is 1. The largest absolute Gasteiger partial charge is 0.383 e. The number of likely N-dealkylation sites (N-methyl/N-ethyl adjacent to an activating group) is 1. The molecule has 29 heavy (non-hydrogen) atoms. The fraction of sp³-hybridized carbons (Fsp3) is 0.545. The van der Waals surface area contributed by atoms with Gasteiger partial charge in [-0.15, -0.1) is 0 Å². The number of aromatic amines is 1. The lowest BCUT2D eigenvalue weighted by Gasteiger charge is -2.27. The number of thiocarbonyl (C=S) groups is 1. The van der Waals surface area contributed by atoms with E-state index in [1.165, 1.54) is 4.90 Å². The lowest BCUT2D eigenvalue weighted by molar-refractivity contribution is -0.895. The zero-order chi connectivity index (χ0) is 21.4. The number of quaternary nitrogens is 1. The van der Waals surface area contributed by atoms with Gasteiger partial charge in [-0.25, -0.2) is 0 Å². The molecule has 0 aliphatic heterocycles. The van der Waals surface area contributed by atoms with Gasteiger partial charge >= 0.3 is 0 Å². The molecule has 0 aliphatic rings. The lowest BCUT2D eigenvalue weighted by Crippen LogP contribution is -3.12. The van der Waals surface area contributed by atoms with Crippen LogP contribution in [0.5, 0.6) is 0 Å². The molecule has 0 saturated heterocycles. The Balaban J connectivity index is 2.27. The van der Waals surface area contributed by atoms with Gasteiger partial charge in [0.1, 0.15) is 0 Å². The Morgan fingerprint density at radius 2 is 1.97 bits per heavy atom. The van der Waals surface area contributed by atoms with Gasteiger partial charge in [-0.05, 0) is 63.2 Å². The number of aryl methyl sites for hydroxylation is 2. The van der Waals surface area contributed by atoms with Gasteiger partial charge in [0.15, 0.2) is 5.11 Å². The van der Waals surface area contributed by atoms with Crippen LogP contribution in [-0.2, 0) is 11.3 Å². The summed E-state index contributed by atoms with van der Waals surface area (Å²) in [5, 5.41) is 4.99. The molecule has 6 nitrogen and oxygen atoms in total. The minimum Gasteiger partial charge on any atom is -0.383 e. The molecule has 2 aromatic rings. The second-order valence-electron chi connectivity index (χ2n) is 7.52. The third kappa shape index (κ3) is 6.52. The Morgan fingerprint density at radius 1 is 1.24 bits per heavy atom. The molecule has 2 rings (SSSR count). The second-order valence-corrected chi connectivity index (χ2v) is 7.91. The van der Waals surface area contributed by atoms with E-state index in [0.717, 1.165) is 53.8 Å². The van der Waals surface area contributed by atoms with Gasteiger partial charge in [-0.2, -0.15) is 0 Å². The standard InChI is InChI=1S/C22H34N4O2S/c1-6-25(7-2)9-10-26(22(29)23-8-11-28-5)15-18-14-19-17(4)12-16(3)13-20(19)24-21(18)27/h12-14H,6-11,15H2,1-5H3,(H,23,29)(H,24,27)/p+1. The number of fused-ring (bicyclic) bond motifs is 1. The Hall–Kier alpha value is -1.96. The Morgan fingerprint density at radius 3 is 2.62 bits per heavy atom. The molecule has 0 saturated carbocycles. The summed E-state index contributed by atoms with van der Waals surface area (Å²) in [7, 11) is 1.67. The van der Waals surface area contributed by atoms with E-state index in [2.05, 4.69) is 42.0 Å². The monoisotopic (exact) mass is 419 g/mol. The van der Waals surface area contributed by atoms with Crippen molar-refractivity contribution in [3.05, 3.63) is 45.2 Å². The first-order valence-electron chi connectivity index (χ1n) is 10.4. The number of pyridine rings is 1. The predicted octanol–water partition coefficient (Wildman–Crippen LogP) is 1.39. The van der Waals surface area contributed by atoms with Gasteiger partial charge < -0.3 is 24.8 Å². The molecule has 160 valence electrons. The molecule has 0 aliphatic carbocycles. The van der Waals surface area contributed by atoms with Gasteiger partial charge in [0.2, 0.25) is 0 Å². The molecule has 0 atom stereocenters. The van der Waals surface area contributed by atoms with Crippen LogP contribution >= 0.6 is 12.2 Å². The zero-order valence-corrected chi connectivity index (χ0v) is 19.2. The first-order chi connectivity index (χ1) is 13.9. The van der Waals surface area contributed by atoms with E-state index in [9.17, 15) is 4.79 Å². The normalized spacial score (nSPS) is 11.2. The number of hydrogen-bond donors (Lipinski definition) is 3. The average Bonchev–Trinajstić information content (AvgIpc) is 2.68. The number of aromatic nitrogens is 1. The highest BCUT2D eigenvalue weighted by Gasteiger charge is 2.16. The average molecular weight is 420 g/mol. The van der Waals surface area contributed by atoms with Crippen LogP contribution in [0.15, 0.2) is 23.0 Å². The number of nitrogens with one attached hydrogen (secondary N) is 3. The Bertz CT molecular complexity index is 877. The van der Waals surface area contributed by atoms with E-state index in [0.29, 0.717) is 24.8 Å². The van der Waals surface area contributed by atoms with Crippen molar-refractivity contribution in [3.63, 3.8) is 0 Å². The van der Waals surface area contributed by atoms with E-state index in [1.54, 1.807) is 7.11 Å². The quantitative estimate of drug-likeness (QED) is 0.401. The van der Waals surface area contributed by atoms with Crippen molar-refractivity contribution < 1.29 is 9.64 Å². The highest BCUT2D eigenvalue weighted by Crippen LogP contribution is 2.19. The molecule has 1 heterocycles. The summed E-state index contributed by atoms with van der Waals surface area (Å²) in [6, 6.07) is 6.17. The Kier molecular flexibility index (Phi) is 9.07. The smallest absolute Gasteiger partial charge is 0.253 e.